The molecule has 0 aliphatic rings. The van der Waals surface area contributed by atoms with Crippen LogP contribution in [0, 0.1) is 0 Å². The van der Waals surface area contributed by atoms with Crippen molar-refractivity contribution in [2.24, 2.45) is 0 Å². The Morgan fingerprint density at radius 2 is 1.51 bits per heavy atom. The van der Waals surface area contributed by atoms with Crippen molar-refractivity contribution >= 4 is 49.8 Å². The Balaban J connectivity index is 1.36. The minimum absolute atomic E-state index is 0.0115. The van der Waals surface area contributed by atoms with Gasteiger partial charge in [0.1, 0.15) is 0 Å². The first-order valence-electron chi connectivity index (χ1n) is 10.6. The average Bonchev–Trinajstić information content (AvgIpc) is 3.30. The molecular formula is C26H19ClN4O3S. The number of aromatic nitrogens is 2. The minimum atomic E-state index is -3.95. The highest BCUT2D eigenvalue weighted by atomic mass is 35.5. The molecule has 2 heterocycles. The van der Waals surface area contributed by atoms with Crippen molar-refractivity contribution < 1.29 is 13.2 Å². The van der Waals surface area contributed by atoms with Gasteiger partial charge in [0.25, 0.3) is 15.9 Å². The Bertz CT molecular complexity index is 1630. The molecule has 5 rings (SSSR count). The zero-order chi connectivity index (χ0) is 24.4. The van der Waals surface area contributed by atoms with Crippen molar-refractivity contribution in [3.8, 4) is 11.1 Å². The number of nitrogens with zero attached hydrogens (tertiary/aromatic N) is 1. The van der Waals surface area contributed by atoms with E-state index in [4.69, 9.17) is 11.6 Å². The quantitative estimate of drug-likeness (QED) is 0.267. The van der Waals surface area contributed by atoms with Gasteiger partial charge in [0.2, 0.25) is 0 Å². The number of carbonyl (C=O) groups excluding carboxylic acids is 1. The molecule has 9 heteroatoms. The fraction of sp³-hybridized carbons (Fsp3) is 0. The molecule has 0 fully saturated rings. The summed E-state index contributed by atoms with van der Waals surface area (Å²) in [4.78, 5) is 19.8. The van der Waals surface area contributed by atoms with E-state index in [2.05, 4.69) is 20.0 Å². The summed E-state index contributed by atoms with van der Waals surface area (Å²) in [6, 6.07) is 24.1. The first-order chi connectivity index (χ1) is 16.9. The number of pyridine rings is 1. The van der Waals surface area contributed by atoms with Gasteiger partial charge >= 0.3 is 0 Å². The third-order valence-corrected chi connectivity index (χ3v) is 6.95. The molecule has 7 nitrogen and oxygen atoms in total. The lowest BCUT2D eigenvalue weighted by Gasteiger charge is -2.13. The number of hydrogen-bond acceptors (Lipinski definition) is 4. The number of amides is 1. The molecule has 3 aromatic carbocycles. The summed E-state index contributed by atoms with van der Waals surface area (Å²) < 4.78 is 28.6. The normalized spacial score (nSPS) is 11.3. The van der Waals surface area contributed by atoms with E-state index < -0.39 is 10.0 Å². The van der Waals surface area contributed by atoms with Crippen LogP contribution in [-0.4, -0.2) is 24.3 Å². The average molecular weight is 503 g/mol. The van der Waals surface area contributed by atoms with Crippen LogP contribution in [0.2, 0.25) is 5.02 Å². The number of carbonyl (C=O) groups is 1. The maximum absolute atomic E-state index is 13.0. The van der Waals surface area contributed by atoms with Crippen molar-refractivity contribution in [1.29, 1.82) is 0 Å². The van der Waals surface area contributed by atoms with E-state index in [0.29, 0.717) is 27.2 Å². The van der Waals surface area contributed by atoms with Crippen LogP contribution < -0.4 is 10.0 Å². The molecule has 3 N–H and O–H groups in total. The van der Waals surface area contributed by atoms with Crippen molar-refractivity contribution in [3.05, 3.63) is 108 Å². The van der Waals surface area contributed by atoms with Crippen molar-refractivity contribution in [1.82, 2.24) is 9.97 Å². The standard InChI is InChI=1S/C26H19ClN4O3S/c27-21-9-10-22-20(15-21)16-25(29-22)35(33,34)31-24-4-2-1-3-23(24)30-26(32)19-7-5-17(6-8-19)18-11-13-28-14-12-18/h1-16,29,31H,(H,30,32). The topological polar surface area (TPSA) is 104 Å². The molecule has 0 radical (unpaired) electrons. The van der Waals surface area contributed by atoms with Crippen LogP contribution >= 0.6 is 11.6 Å². The molecular weight excluding hydrogens is 484 g/mol. The van der Waals surface area contributed by atoms with Gasteiger partial charge in [0.05, 0.1) is 11.4 Å². The maximum atomic E-state index is 13.0. The first-order valence-corrected chi connectivity index (χ1v) is 12.5. The Morgan fingerprint density at radius 3 is 2.26 bits per heavy atom. The van der Waals surface area contributed by atoms with Crippen LogP contribution in [0.15, 0.2) is 102 Å². The smallest absolute Gasteiger partial charge is 0.277 e. The number of rotatable bonds is 6. The zero-order valence-corrected chi connectivity index (χ0v) is 19.8. The molecule has 0 saturated heterocycles. The number of H-pyrrole nitrogens is 1. The first kappa shape index (κ1) is 22.6. The predicted octanol–water partition coefficient (Wildman–Crippen LogP) is 5.94. The summed E-state index contributed by atoms with van der Waals surface area (Å²) in [5.74, 6) is -0.363. The lowest BCUT2D eigenvalue weighted by molar-refractivity contribution is 0.102. The fourth-order valence-corrected chi connectivity index (χ4v) is 4.94. The monoisotopic (exact) mass is 502 g/mol. The third kappa shape index (κ3) is 4.89. The van der Waals surface area contributed by atoms with Gasteiger partial charge in [-0.2, -0.15) is 8.42 Å². The second-order valence-corrected chi connectivity index (χ2v) is 9.87. The van der Waals surface area contributed by atoms with Crippen LogP contribution in [0.1, 0.15) is 10.4 Å². The Hall–Kier alpha value is -4.14. The van der Waals surface area contributed by atoms with E-state index in [-0.39, 0.29) is 16.6 Å². The van der Waals surface area contributed by atoms with Crippen molar-refractivity contribution in [2.75, 3.05) is 10.0 Å². The van der Waals surface area contributed by atoms with E-state index >= 15 is 0 Å². The molecule has 35 heavy (non-hydrogen) atoms. The Labute approximate surface area is 206 Å². The number of aromatic amines is 1. The highest BCUT2D eigenvalue weighted by Gasteiger charge is 2.19. The molecule has 0 unspecified atom stereocenters. The Morgan fingerprint density at radius 1 is 0.829 bits per heavy atom. The van der Waals surface area contributed by atoms with Crippen LogP contribution in [0.25, 0.3) is 22.0 Å². The van der Waals surface area contributed by atoms with Crippen LogP contribution in [0.5, 0.6) is 0 Å². The summed E-state index contributed by atoms with van der Waals surface area (Å²) in [7, 11) is -3.95. The molecule has 0 atom stereocenters. The van der Waals surface area contributed by atoms with E-state index in [0.717, 1.165) is 11.1 Å². The van der Waals surface area contributed by atoms with Crippen LogP contribution in [0.4, 0.5) is 11.4 Å². The number of halogens is 1. The highest BCUT2D eigenvalue weighted by molar-refractivity contribution is 7.92. The number of benzene rings is 3. The summed E-state index contributed by atoms with van der Waals surface area (Å²) in [6.07, 6.45) is 3.41. The number of anilines is 2. The molecule has 0 saturated carbocycles. The lowest BCUT2D eigenvalue weighted by atomic mass is 10.0. The highest BCUT2D eigenvalue weighted by Crippen LogP contribution is 2.28. The van der Waals surface area contributed by atoms with E-state index in [1.165, 1.54) is 6.07 Å². The second-order valence-electron chi connectivity index (χ2n) is 7.78. The molecule has 0 aliphatic heterocycles. The van der Waals surface area contributed by atoms with Crippen LogP contribution in [0.3, 0.4) is 0 Å². The third-order valence-electron chi connectivity index (χ3n) is 5.43. The molecule has 1 amide bonds. The van der Waals surface area contributed by atoms with Gasteiger partial charge in [-0.3, -0.25) is 14.5 Å². The Kier molecular flexibility index (Phi) is 5.98. The van der Waals surface area contributed by atoms with Gasteiger partial charge in [-0.25, -0.2) is 0 Å². The molecule has 0 spiro atoms. The largest absolute Gasteiger partial charge is 0.344 e. The molecule has 0 aliphatic carbocycles. The molecule has 174 valence electrons. The van der Waals surface area contributed by atoms with Gasteiger partial charge in [0, 0.05) is 33.9 Å². The second kappa shape index (κ2) is 9.25. The fourth-order valence-electron chi connectivity index (χ4n) is 3.66. The van der Waals surface area contributed by atoms with Gasteiger partial charge in [-0.1, -0.05) is 35.9 Å². The molecule has 2 aromatic heterocycles. The molecule has 5 aromatic rings. The van der Waals surface area contributed by atoms with E-state index in [9.17, 15) is 13.2 Å². The summed E-state index contributed by atoms with van der Waals surface area (Å²) in [5.41, 5.74) is 3.60. The van der Waals surface area contributed by atoms with Crippen LogP contribution in [-0.2, 0) is 10.0 Å². The lowest BCUT2D eigenvalue weighted by Crippen LogP contribution is -2.17. The number of hydrogen-bond donors (Lipinski definition) is 3. The summed E-state index contributed by atoms with van der Waals surface area (Å²) in [6.45, 7) is 0. The van der Waals surface area contributed by atoms with E-state index in [1.807, 2.05) is 24.3 Å². The van der Waals surface area contributed by atoms with Crippen molar-refractivity contribution in [2.45, 2.75) is 5.03 Å². The summed E-state index contributed by atoms with van der Waals surface area (Å²) in [5, 5.41) is 3.96. The number of nitrogens with one attached hydrogen (secondary N) is 3. The van der Waals surface area contributed by atoms with Gasteiger partial charge in [-0.15, -0.1) is 0 Å². The molecule has 0 bridgehead atoms. The minimum Gasteiger partial charge on any atom is -0.344 e. The predicted molar refractivity (Wildman–Crippen MR) is 138 cm³/mol. The SMILES string of the molecule is O=C(Nc1ccccc1NS(=O)(=O)c1cc2cc(Cl)ccc2[nH]1)c1ccc(-c2ccncc2)cc1. The van der Waals surface area contributed by atoms with Gasteiger partial charge in [0.15, 0.2) is 5.03 Å². The zero-order valence-electron chi connectivity index (χ0n) is 18.2. The van der Waals surface area contributed by atoms with Gasteiger partial charge < -0.3 is 10.3 Å². The van der Waals surface area contributed by atoms with E-state index in [1.54, 1.807) is 67.0 Å². The number of sulfonamides is 1. The van der Waals surface area contributed by atoms with Gasteiger partial charge in [-0.05, 0) is 71.8 Å². The number of fused-ring (bicyclic) bond motifs is 1. The van der Waals surface area contributed by atoms with Crippen molar-refractivity contribution in [3.63, 3.8) is 0 Å². The number of para-hydroxylation sites is 2. The summed E-state index contributed by atoms with van der Waals surface area (Å²) >= 11 is 6.01. The maximum Gasteiger partial charge on any atom is 0.277 e.